The van der Waals surface area contributed by atoms with Crippen molar-refractivity contribution in [2.45, 2.75) is 26.2 Å². The number of likely N-dealkylation sites (tertiary alicyclic amines) is 1. The predicted octanol–water partition coefficient (Wildman–Crippen LogP) is 3.49. The van der Waals surface area contributed by atoms with E-state index in [4.69, 9.17) is 14.2 Å². The Kier molecular flexibility index (Phi) is 7.73. The Labute approximate surface area is 167 Å². The first-order chi connectivity index (χ1) is 13.7. The molecule has 0 aromatic heterocycles. The lowest BCUT2D eigenvalue weighted by Gasteiger charge is -2.16. The standard InChI is InChI=1S/C23H28NO4/c1-2-26-23(25)18-28-21-11-9-19(10-12-21)17-20-7-3-4-8-22(20)27-16-15-24-13-5-6-14-24/h3-4,8-12H,2,5-6,13-18H2,1H3. The topological polar surface area (TPSA) is 48.0 Å². The summed E-state index contributed by atoms with van der Waals surface area (Å²) < 4.78 is 16.3. The Hall–Kier alpha value is -2.53. The molecule has 1 radical (unpaired) electrons. The Morgan fingerprint density at radius 1 is 1.11 bits per heavy atom. The molecule has 5 nitrogen and oxygen atoms in total. The van der Waals surface area contributed by atoms with E-state index in [1.807, 2.05) is 42.5 Å². The minimum absolute atomic E-state index is 0.0747. The van der Waals surface area contributed by atoms with Crippen molar-refractivity contribution in [2.24, 2.45) is 0 Å². The van der Waals surface area contributed by atoms with E-state index in [0.29, 0.717) is 19.0 Å². The van der Waals surface area contributed by atoms with Crippen LogP contribution in [0.5, 0.6) is 11.5 Å². The Bertz CT molecular complexity index is 739. The molecule has 3 rings (SSSR count). The molecule has 0 atom stereocenters. The molecule has 1 aliphatic rings. The van der Waals surface area contributed by atoms with E-state index in [1.165, 1.54) is 25.9 Å². The monoisotopic (exact) mass is 382 g/mol. The Morgan fingerprint density at radius 3 is 2.64 bits per heavy atom. The van der Waals surface area contributed by atoms with Crippen molar-refractivity contribution in [1.82, 2.24) is 4.90 Å². The molecule has 0 spiro atoms. The van der Waals surface area contributed by atoms with Gasteiger partial charge in [0, 0.05) is 18.5 Å². The summed E-state index contributed by atoms with van der Waals surface area (Å²) >= 11 is 0. The van der Waals surface area contributed by atoms with Gasteiger partial charge in [-0.25, -0.2) is 4.79 Å². The highest BCUT2D eigenvalue weighted by Gasteiger charge is 2.12. The lowest BCUT2D eigenvalue weighted by molar-refractivity contribution is -0.145. The third kappa shape index (κ3) is 6.27. The van der Waals surface area contributed by atoms with Gasteiger partial charge in [0.05, 0.1) is 6.61 Å². The lowest BCUT2D eigenvalue weighted by Crippen LogP contribution is -2.25. The highest BCUT2D eigenvalue weighted by Crippen LogP contribution is 2.22. The summed E-state index contributed by atoms with van der Waals surface area (Å²) in [6, 6.07) is 16.9. The van der Waals surface area contributed by atoms with Crippen molar-refractivity contribution < 1.29 is 19.0 Å². The van der Waals surface area contributed by atoms with Crippen LogP contribution in [-0.2, 0) is 16.0 Å². The van der Waals surface area contributed by atoms with E-state index in [0.717, 1.165) is 29.8 Å². The highest BCUT2D eigenvalue weighted by molar-refractivity contribution is 5.71. The zero-order valence-corrected chi connectivity index (χ0v) is 16.5. The second kappa shape index (κ2) is 10.7. The zero-order chi connectivity index (χ0) is 19.6. The van der Waals surface area contributed by atoms with Crippen molar-refractivity contribution in [3.8, 4) is 11.5 Å². The molecule has 0 N–H and O–H groups in total. The van der Waals surface area contributed by atoms with Crippen LogP contribution in [0.15, 0.2) is 42.5 Å². The van der Waals surface area contributed by atoms with Gasteiger partial charge in [-0.05, 0) is 62.7 Å². The van der Waals surface area contributed by atoms with E-state index in [-0.39, 0.29) is 12.6 Å². The van der Waals surface area contributed by atoms with Gasteiger partial charge in [0.15, 0.2) is 6.61 Å². The van der Waals surface area contributed by atoms with Gasteiger partial charge in [-0.1, -0.05) is 24.3 Å². The molecule has 0 amide bonds. The number of hydrogen-bond donors (Lipinski definition) is 0. The Morgan fingerprint density at radius 2 is 1.89 bits per heavy atom. The quantitative estimate of drug-likeness (QED) is 0.589. The summed E-state index contributed by atoms with van der Waals surface area (Å²) in [5, 5.41) is 0. The molecule has 1 saturated heterocycles. The minimum Gasteiger partial charge on any atom is -0.492 e. The maximum absolute atomic E-state index is 11.4. The molecule has 0 unspecified atom stereocenters. The first kappa shape index (κ1) is 20.2. The number of hydrogen-bond acceptors (Lipinski definition) is 5. The van der Waals surface area contributed by atoms with Gasteiger partial charge in [-0.15, -0.1) is 0 Å². The molecule has 0 bridgehead atoms. The van der Waals surface area contributed by atoms with Gasteiger partial charge in [-0.2, -0.15) is 0 Å². The molecule has 0 saturated carbocycles. The normalized spacial score (nSPS) is 14.0. The van der Waals surface area contributed by atoms with Crippen LogP contribution in [0, 0.1) is 6.07 Å². The average Bonchev–Trinajstić information content (AvgIpc) is 3.22. The predicted molar refractivity (Wildman–Crippen MR) is 108 cm³/mol. The van der Waals surface area contributed by atoms with Crippen LogP contribution in [0.2, 0.25) is 0 Å². The SMILES string of the molecule is CCOC(=O)COc1ccc(Cc2[c]cccc2OCCN2CCCC2)cc1. The summed E-state index contributed by atoms with van der Waals surface area (Å²) in [7, 11) is 0. The third-order valence-electron chi connectivity index (χ3n) is 4.73. The van der Waals surface area contributed by atoms with Crippen LogP contribution >= 0.6 is 0 Å². The van der Waals surface area contributed by atoms with E-state index >= 15 is 0 Å². The van der Waals surface area contributed by atoms with Gasteiger partial charge in [0.1, 0.15) is 18.1 Å². The first-order valence-electron chi connectivity index (χ1n) is 9.96. The van der Waals surface area contributed by atoms with Crippen LogP contribution in [0.4, 0.5) is 0 Å². The average molecular weight is 382 g/mol. The zero-order valence-electron chi connectivity index (χ0n) is 16.5. The molecule has 1 aliphatic heterocycles. The number of nitrogens with zero attached hydrogens (tertiary/aromatic N) is 1. The summed E-state index contributed by atoms with van der Waals surface area (Å²) in [4.78, 5) is 13.8. The van der Waals surface area contributed by atoms with E-state index < -0.39 is 0 Å². The van der Waals surface area contributed by atoms with E-state index in [2.05, 4.69) is 11.0 Å². The van der Waals surface area contributed by atoms with Gasteiger partial charge >= 0.3 is 5.97 Å². The van der Waals surface area contributed by atoms with Crippen LogP contribution in [0.3, 0.4) is 0 Å². The van der Waals surface area contributed by atoms with Crippen LogP contribution < -0.4 is 9.47 Å². The lowest BCUT2D eigenvalue weighted by atomic mass is 10.0. The Balaban J connectivity index is 1.52. The van der Waals surface area contributed by atoms with Crippen LogP contribution in [0.25, 0.3) is 0 Å². The number of esters is 1. The minimum atomic E-state index is -0.360. The summed E-state index contributed by atoms with van der Waals surface area (Å²) in [6.45, 7) is 6.10. The number of ether oxygens (including phenoxy) is 3. The maximum Gasteiger partial charge on any atom is 0.344 e. The highest BCUT2D eigenvalue weighted by atomic mass is 16.6. The molecule has 2 aromatic carbocycles. The third-order valence-corrected chi connectivity index (χ3v) is 4.73. The van der Waals surface area contributed by atoms with Crippen LogP contribution in [-0.4, -0.2) is 50.3 Å². The second-order valence-electron chi connectivity index (χ2n) is 6.82. The van der Waals surface area contributed by atoms with Crippen molar-refractivity contribution >= 4 is 5.97 Å². The fraction of sp³-hybridized carbons (Fsp3) is 0.435. The van der Waals surface area contributed by atoms with Crippen molar-refractivity contribution in [1.29, 1.82) is 0 Å². The fourth-order valence-corrected chi connectivity index (χ4v) is 3.27. The molecular weight excluding hydrogens is 354 g/mol. The fourth-order valence-electron chi connectivity index (χ4n) is 3.27. The smallest absolute Gasteiger partial charge is 0.344 e. The molecule has 0 aliphatic carbocycles. The molecule has 1 fully saturated rings. The number of carbonyl (C=O) groups is 1. The summed E-state index contributed by atoms with van der Waals surface area (Å²) in [5.74, 6) is 1.18. The molecule has 149 valence electrons. The van der Waals surface area contributed by atoms with Crippen LogP contribution in [0.1, 0.15) is 30.9 Å². The second-order valence-corrected chi connectivity index (χ2v) is 6.82. The number of rotatable bonds is 10. The van der Waals surface area contributed by atoms with E-state index in [1.54, 1.807) is 6.92 Å². The number of benzene rings is 2. The van der Waals surface area contributed by atoms with Gasteiger partial charge < -0.3 is 14.2 Å². The molecular formula is C23H28NO4. The van der Waals surface area contributed by atoms with Gasteiger partial charge in [0.2, 0.25) is 0 Å². The summed E-state index contributed by atoms with van der Waals surface area (Å²) in [6.07, 6.45) is 3.33. The molecule has 5 heteroatoms. The largest absolute Gasteiger partial charge is 0.492 e. The molecule has 1 heterocycles. The van der Waals surface area contributed by atoms with Gasteiger partial charge in [-0.3, -0.25) is 4.90 Å². The van der Waals surface area contributed by atoms with E-state index in [9.17, 15) is 4.79 Å². The van der Waals surface area contributed by atoms with Gasteiger partial charge in [0.25, 0.3) is 0 Å². The van der Waals surface area contributed by atoms with Crippen molar-refractivity contribution in [2.75, 3.05) is 39.5 Å². The first-order valence-corrected chi connectivity index (χ1v) is 9.96. The van der Waals surface area contributed by atoms with Crippen molar-refractivity contribution in [3.05, 3.63) is 59.7 Å². The molecule has 28 heavy (non-hydrogen) atoms. The number of carbonyl (C=O) groups excluding carboxylic acids is 1. The van der Waals surface area contributed by atoms with Crippen molar-refractivity contribution in [3.63, 3.8) is 0 Å². The molecule has 2 aromatic rings. The maximum atomic E-state index is 11.4. The summed E-state index contributed by atoms with van der Waals surface area (Å²) in [5.41, 5.74) is 2.18.